The Bertz CT molecular complexity index is 321. The lowest BCUT2D eigenvalue weighted by molar-refractivity contribution is 0.147. The lowest BCUT2D eigenvalue weighted by Crippen LogP contribution is -2.44. The summed E-state index contributed by atoms with van der Waals surface area (Å²) in [6.07, 6.45) is 0. The highest BCUT2D eigenvalue weighted by Crippen LogP contribution is 2.09. The summed E-state index contributed by atoms with van der Waals surface area (Å²) in [6.45, 7) is 5.57. The Hall–Kier alpha value is -0.450. The lowest BCUT2D eigenvalue weighted by Gasteiger charge is -2.32. The fraction of sp³-hybridized carbons (Fsp3) is 0.545. The van der Waals surface area contributed by atoms with Gasteiger partial charge in [0.05, 0.1) is 5.69 Å². The molecule has 0 unspecified atom stereocenters. The van der Waals surface area contributed by atoms with Crippen LogP contribution in [0.4, 0.5) is 0 Å². The Morgan fingerprint density at radius 1 is 1.27 bits per heavy atom. The molecule has 0 aliphatic carbocycles. The van der Waals surface area contributed by atoms with E-state index in [0.717, 1.165) is 43.0 Å². The minimum absolute atomic E-state index is 0.925. The summed E-state index contributed by atoms with van der Waals surface area (Å²) in [4.78, 5) is 9.27. The summed E-state index contributed by atoms with van der Waals surface area (Å²) < 4.78 is 0.925. The van der Waals surface area contributed by atoms with Gasteiger partial charge in [0.1, 0.15) is 4.60 Å². The molecular formula is C11H16BrN3. The van der Waals surface area contributed by atoms with E-state index >= 15 is 0 Å². The van der Waals surface area contributed by atoms with Gasteiger partial charge in [-0.05, 0) is 35.1 Å². The van der Waals surface area contributed by atoms with Crippen molar-refractivity contribution < 1.29 is 0 Å². The summed E-state index contributed by atoms with van der Waals surface area (Å²) in [5.74, 6) is 0. The zero-order valence-corrected chi connectivity index (χ0v) is 10.6. The molecule has 0 aromatic carbocycles. The Balaban J connectivity index is 1.92. The molecule has 1 aromatic heterocycles. The number of nitrogens with zero attached hydrogens (tertiary/aromatic N) is 3. The third kappa shape index (κ3) is 3.26. The van der Waals surface area contributed by atoms with Crippen LogP contribution in [0.3, 0.4) is 0 Å². The number of aromatic nitrogens is 1. The molecule has 3 nitrogen and oxygen atoms in total. The van der Waals surface area contributed by atoms with Gasteiger partial charge in [-0.3, -0.25) is 4.90 Å². The van der Waals surface area contributed by atoms with Crippen LogP contribution in [0.25, 0.3) is 0 Å². The first-order valence-corrected chi connectivity index (χ1v) is 6.06. The molecule has 0 N–H and O–H groups in total. The van der Waals surface area contributed by atoms with Gasteiger partial charge in [0, 0.05) is 32.7 Å². The highest BCUT2D eigenvalue weighted by atomic mass is 79.9. The van der Waals surface area contributed by atoms with Crippen LogP contribution in [0, 0.1) is 0 Å². The van der Waals surface area contributed by atoms with Crippen molar-refractivity contribution in [2.75, 3.05) is 33.2 Å². The van der Waals surface area contributed by atoms with Crippen molar-refractivity contribution >= 4 is 15.9 Å². The molecule has 0 spiro atoms. The topological polar surface area (TPSA) is 19.4 Å². The smallest absolute Gasteiger partial charge is 0.106 e. The van der Waals surface area contributed by atoms with Crippen LogP contribution in [0.2, 0.25) is 0 Å². The van der Waals surface area contributed by atoms with Crippen molar-refractivity contribution in [2.45, 2.75) is 6.54 Å². The molecule has 15 heavy (non-hydrogen) atoms. The standard InChI is InChI=1S/C11H16BrN3/c1-14-5-7-15(8-6-14)9-10-3-2-4-11(12)13-10/h2-4H,5-9H2,1H3. The molecule has 0 atom stereocenters. The quantitative estimate of drug-likeness (QED) is 0.761. The van der Waals surface area contributed by atoms with Gasteiger partial charge in [-0.2, -0.15) is 0 Å². The molecule has 0 bridgehead atoms. The minimum Gasteiger partial charge on any atom is -0.304 e. The molecule has 2 rings (SSSR count). The molecular weight excluding hydrogens is 254 g/mol. The Kier molecular flexibility index (Phi) is 3.72. The fourth-order valence-electron chi connectivity index (χ4n) is 1.77. The van der Waals surface area contributed by atoms with Crippen LogP contribution in [0.5, 0.6) is 0 Å². The van der Waals surface area contributed by atoms with Gasteiger partial charge in [-0.25, -0.2) is 4.98 Å². The third-order valence-electron chi connectivity index (χ3n) is 2.75. The molecule has 1 aliphatic heterocycles. The zero-order valence-electron chi connectivity index (χ0n) is 8.99. The average molecular weight is 270 g/mol. The molecule has 1 aliphatic rings. The number of hydrogen-bond donors (Lipinski definition) is 0. The van der Waals surface area contributed by atoms with E-state index in [1.807, 2.05) is 12.1 Å². The average Bonchev–Trinajstić information content (AvgIpc) is 2.22. The van der Waals surface area contributed by atoms with E-state index in [2.05, 4.69) is 43.8 Å². The van der Waals surface area contributed by atoms with Gasteiger partial charge in [0.2, 0.25) is 0 Å². The summed E-state index contributed by atoms with van der Waals surface area (Å²) in [5, 5.41) is 0. The number of piperazine rings is 1. The highest BCUT2D eigenvalue weighted by molar-refractivity contribution is 9.10. The first kappa shape index (κ1) is 11.0. The highest BCUT2D eigenvalue weighted by Gasteiger charge is 2.14. The van der Waals surface area contributed by atoms with Gasteiger partial charge in [0.25, 0.3) is 0 Å². The molecule has 4 heteroatoms. The number of rotatable bonds is 2. The molecule has 1 fully saturated rings. The van der Waals surface area contributed by atoms with E-state index in [0.29, 0.717) is 0 Å². The molecule has 0 amide bonds. The van der Waals surface area contributed by atoms with E-state index in [1.54, 1.807) is 0 Å². The summed E-state index contributed by atoms with van der Waals surface area (Å²) in [5.41, 5.74) is 1.15. The first-order valence-electron chi connectivity index (χ1n) is 5.26. The number of hydrogen-bond acceptors (Lipinski definition) is 3. The maximum atomic E-state index is 4.45. The Labute approximate surface area is 99.2 Å². The molecule has 0 radical (unpaired) electrons. The van der Waals surface area contributed by atoms with Gasteiger partial charge < -0.3 is 4.90 Å². The second-order valence-electron chi connectivity index (χ2n) is 4.03. The lowest BCUT2D eigenvalue weighted by atomic mass is 10.3. The van der Waals surface area contributed by atoms with E-state index < -0.39 is 0 Å². The van der Waals surface area contributed by atoms with Crippen LogP contribution in [-0.2, 0) is 6.54 Å². The predicted octanol–water partition coefficient (Wildman–Crippen LogP) is 1.59. The van der Waals surface area contributed by atoms with Crippen molar-refractivity contribution in [1.29, 1.82) is 0 Å². The van der Waals surface area contributed by atoms with Gasteiger partial charge in [-0.15, -0.1) is 0 Å². The van der Waals surface area contributed by atoms with Crippen molar-refractivity contribution in [3.63, 3.8) is 0 Å². The van der Waals surface area contributed by atoms with Crippen LogP contribution in [0.15, 0.2) is 22.8 Å². The van der Waals surface area contributed by atoms with E-state index in [-0.39, 0.29) is 0 Å². The van der Waals surface area contributed by atoms with Gasteiger partial charge in [-0.1, -0.05) is 6.07 Å². The molecule has 1 aromatic rings. The summed E-state index contributed by atoms with van der Waals surface area (Å²) >= 11 is 3.40. The largest absolute Gasteiger partial charge is 0.304 e. The van der Waals surface area contributed by atoms with Crippen molar-refractivity contribution in [2.24, 2.45) is 0 Å². The van der Waals surface area contributed by atoms with E-state index in [4.69, 9.17) is 0 Å². The normalized spacial score (nSPS) is 19.3. The fourth-order valence-corrected chi connectivity index (χ4v) is 2.15. The van der Waals surface area contributed by atoms with Crippen molar-refractivity contribution in [1.82, 2.24) is 14.8 Å². The molecule has 2 heterocycles. The van der Waals surface area contributed by atoms with Crippen molar-refractivity contribution in [3.8, 4) is 0 Å². The van der Waals surface area contributed by atoms with Crippen LogP contribution in [-0.4, -0.2) is 48.0 Å². The van der Waals surface area contributed by atoms with Crippen LogP contribution >= 0.6 is 15.9 Å². The third-order valence-corrected chi connectivity index (χ3v) is 3.20. The Morgan fingerprint density at radius 3 is 2.67 bits per heavy atom. The second kappa shape index (κ2) is 5.05. The molecule has 82 valence electrons. The number of halogens is 1. The minimum atomic E-state index is 0.925. The van der Waals surface area contributed by atoms with Crippen LogP contribution < -0.4 is 0 Å². The maximum absolute atomic E-state index is 4.45. The molecule has 0 saturated carbocycles. The van der Waals surface area contributed by atoms with Gasteiger partial charge in [0.15, 0.2) is 0 Å². The van der Waals surface area contributed by atoms with Crippen molar-refractivity contribution in [3.05, 3.63) is 28.5 Å². The Morgan fingerprint density at radius 2 is 2.00 bits per heavy atom. The van der Waals surface area contributed by atoms with Crippen LogP contribution in [0.1, 0.15) is 5.69 Å². The van der Waals surface area contributed by atoms with Gasteiger partial charge >= 0.3 is 0 Å². The number of pyridine rings is 1. The zero-order chi connectivity index (χ0) is 10.7. The summed E-state index contributed by atoms with van der Waals surface area (Å²) in [7, 11) is 2.18. The van der Waals surface area contributed by atoms with E-state index in [1.165, 1.54) is 0 Å². The predicted molar refractivity (Wildman–Crippen MR) is 64.7 cm³/mol. The first-order chi connectivity index (χ1) is 7.24. The SMILES string of the molecule is CN1CCN(Cc2cccc(Br)n2)CC1. The number of likely N-dealkylation sites (N-methyl/N-ethyl adjacent to an activating group) is 1. The monoisotopic (exact) mass is 269 g/mol. The second-order valence-corrected chi connectivity index (χ2v) is 4.84. The maximum Gasteiger partial charge on any atom is 0.106 e. The van der Waals surface area contributed by atoms with E-state index in [9.17, 15) is 0 Å². The molecule has 1 saturated heterocycles. The summed E-state index contributed by atoms with van der Waals surface area (Å²) in [6, 6.07) is 6.10.